The number of carbonyl (C=O) groups is 2. The average molecular weight is 517 g/mol. The van der Waals surface area contributed by atoms with E-state index in [-0.39, 0.29) is 36.7 Å². The third kappa shape index (κ3) is 4.66. The summed E-state index contributed by atoms with van der Waals surface area (Å²) in [5.41, 5.74) is 7.32. The third-order valence-electron chi connectivity index (χ3n) is 6.26. The van der Waals surface area contributed by atoms with Crippen LogP contribution < -0.4 is 11.3 Å². The maximum absolute atomic E-state index is 14.7. The minimum absolute atomic E-state index is 0.0660. The number of hydrogen-bond acceptors (Lipinski definition) is 7. The van der Waals surface area contributed by atoms with Gasteiger partial charge in [0, 0.05) is 49.1 Å². The second-order valence-electron chi connectivity index (χ2n) is 8.53. The summed E-state index contributed by atoms with van der Waals surface area (Å²) in [5.74, 6) is 1.06. The Morgan fingerprint density at radius 2 is 1.86 bits per heavy atom. The number of aromatic amines is 1. The zero-order chi connectivity index (χ0) is 26.1. The lowest BCUT2D eigenvalue weighted by Gasteiger charge is -2.34. The number of aromatic nitrogens is 3. The Hall–Kier alpha value is -4.56. The molecule has 1 fully saturated rings. The van der Waals surface area contributed by atoms with Crippen molar-refractivity contribution in [2.24, 2.45) is 0 Å². The molecule has 2 aromatic carbocycles. The number of nitrogens with two attached hydrogens (primary N) is 1. The fourth-order valence-corrected chi connectivity index (χ4v) is 4.95. The second kappa shape index (κ2) is 9.83. The minimum Gasteiger partial charge on any atom is -0.398 e. The number of thiazole rings is 1. The van der Waals surface area contributed by atoms with Crippen molar-refractivity contribution in [2.75, 3.05) is 31.9 Å². The van der Waals surface area contributed by atoms with Gasteiger partial charge in [0.05, 0.1) is 16.6 Å². The normalized spacial score (nSPS) is 13.5. The third-order valence-corrected chi connectivity index (χ3v) is 7.03. The van der Waals surface area contributed by atoms with Crippen LogP contribution in [-0.2, 0) is 6.42 Å². The lowest BCUT2D eigenvalue weighted by Crippen LogP contribution is -2.50. The van der Waals surface area contributed by atoms with Gasteiger partial charge in [-0.1, -0.05) is 18.2 Å². The summed E-state index contributed by atoms with van der Waals surface area (Å²) in [6.07, 6.45) is 5.58. The van der Waals surface area contributed by atoms with E-state index in [1.165, 1.54) is 28.4 Å². The number of nitrogen functional groups attached to an aromatic ring is 1. The molecule has 3 N–H and O–H groups in total. The van der Waals surface area contributed by atoms with Crippen LogP contribution in [0.15, 0.2) is 46.6 Å². The van der Waals surface area contributed by atoms with Gasteiger partial charge in [-0.05, 0) is 29.7 Å². The number of nitrogens with zero attached hydrogens (tertiary/aromatic N) is 4. The quantitative estimate of drug-likeness (QED) is 0.317. The first-order valence-corrected chi connectivity index (χ1v) is 12.3. The summed E-state index contributed by atoms with van der Waals surface area (Å²) in [6, 6.07) is 9.43. The van der Waals surface area contributed by atoms with Gasteiger partial charge in [0.1, 0.15) is 11.5 Å². The van der Waals surface area contributed by atoms with Crippen molar-refractivity contribution in [1.82, 2.24) is 25.0 Å². The summed E-state index contributed by atoms with van der Waals surface area (Å²) in [6.45, 7) is 1.10. The summed E-state index contributed by atoms with van der Waals surface area (Å²) in [4.78, 5) is 45.3. The number of nitrogens with one attached hydrogen (secondary N) is 1. The highest BCUT2D eigenvalue weighted by molar-refractivity contribution is 7.10. The molecule has 1 aliphatic heterocycles. The molecule has 37 heavy (non-hydrogen) atoms. The molecular formula is C26H21FN6O3S. The Morgan fingerprint density at radius 3 is 2.57 bits per heavy atom. The summed E-state index contributed by atoms with van der Waals surface area (Å²) >= 11 is 1.22. The summed E-state index contributed by atoms with van der Waals surface area (Å²) < 4.78 is 14.7. The van der Waals surface area contributed by atoms with Gasteiger partial charge in [0.15, 0.2) is 5.01 Å². The molecule has 9 nitrogen and oxygen atoms in total. The fourth-order valence-electron chi connectivity index (χ4n) is 4.36. The highest BCUT2D eigenvalue weighted by atomic mass is 32.1. The van der Waals surface area contributed by atoms with E-state index in [0.29, 0.717) is 45.8 Å². The molecule has 0 spiro atoms. The molecule has 186 valence electrons. The SMILES string of the molecule is C#Cc1nc(C(=O)N2CCN(C(=O)c3cc(Cc4n[nH]c(=O)c5c(N)cccc45)ccc3F)CC2)cs1. The van der Waals surface area contributed by atoms with Crippen LogP contribution in [0.3, 0.4) is 0 Å². The van der Waals surface area contributed by atoms with Crippen LogP contribution in [-0.4, -0.2) is 63.0 Å². The molecule has 3 heterocycles. The van der Waals surface area contributed by atoms with Crippen LogP contribution in [0.5, 0.6) is 0 Å². The van der Waals surface area contributed by atoms with E-state index in [4.69, 9.17) is 12.2 Å². The van der Waals surface area contributed by atoms with Gasteiger partial charge in [-0.3, -0.25) is 14.4 Å². The van der Waals surface area contributed by atoms with Crippen LogP contribution >= 0.6 is 11.3 Å². The molecule has 11 heteroatoms. The maximum atomic E-state index is 14.7. The first kappa shape index (κ1) is 24.1. The highest BCUT2D eigenvalue weighted by Crippen LogP contribution is 2.23. The number of halogens is 1. The number of benzene rings is 2. The maximum Gasteiger partial charge on any atom is 0.274 e. The molecule has 0 atom stereocenters. The first-order valence-electron chi connectivity index (χ1n) is 11.4. The summed E-state index contributed by atoms with van der Waals surface area (Å²) in [5, 5.41) is 9.59. The predicted octanol–water partition coefficient (Wildman–Crippen LogP) is 2.27. The Balaban J connectivity index is 1.32. The zero-order valence-corrected chi connectivity index (χ0v) is 20.3. The van der Waals surface area contributed by atoms with Crippen molar-refractivity contribution in [1.29, 1.82) is 0 Å². The number of rotatable bonds is 4. The molecule has 0 aliphatic carbocycles. The van der Waals surface area contributed by atoms with E-state index in [1.807, 2.05) is 0 Å². The van der Waals surface area contributed by atoms with Crippen LogP contribution in [0.25, 0.3) is 10.8 Å². The molecule has 2 aromatic heterocycles. The van der Waals surface area contributed by atoms with Gasteiger partial charge in [-0.25, -0.2) is 14.5 Å². The largest absolute Gasteiger partial charge is 0.398 e. The molecule has 0 unspecified atom stereocenters. The number of carbonyl (C=O) groups excluding carboxylic acids is 2. The zero-order valence-electron chi connectivity index (χ0n) is 19.5. The molecule has 0 saturated carbocycles. The highest BCUT2D eigenvalue weighted by Gasteiger charge is 2.28. The van der Waals surface area contributed by atoms with E-state index >= 15 is 0 Å². The van der Waals surface area contributed by atoms with Gasteiger partial charge < -0.3 is 15.5 Å². The fraction of sp³-hybridized carbons (Fsp3) is 0.192. The molecule has 0 radical (unpaired) electrons. The number of H-pyrrole nitrogens is 1. The Morgan fingerprint density at radius 1 is 1.14 bits per heavy atom. The Labute approximate surface area is 214 Å². The number of hydrogen-bond donors (Lipinski definition) is 2. The minimum atomic E-state index is -0.639. The lowest BCUT2D eigenvalue weighted by molar-refractivity contribution is 0.0530. The number of piperazine rings is 1. The number of anilines is 1. The van der Waals surface area contributed by atoms with Crippen molar-refractivity contribution in [3.05, 3.63) is 85.5 Å². The van der Waals surface area contributed by atoms with Crippen LogP contribution in [0, 0.1) is 18.2 Å². The molecule has 5 rings (SSSR count). The van der Waals surface area contributed by atoms with Gasteiger partial charge in [0.2, 0.25) is 0 Å². The first-order chi connectivity index (χ1) is 17.9. The Kier molecular flexibility index (Phi) is 6.42. The van der Waals surface area contributed by atoms with Crippen LogP contribution in [0.1, 0.15) is 37.1 Å². The molecule has 0 bridgehead atoms. The van der Waals surface area contributed by atoms with E-state index in [0.717, 1.165) is 0 Å². The molecule has 2 amide bonds. The van der Waals surface area contributed by atoms with E-state index in [1.54, 1.807) is 34.5 Å². The van der Waals surface area contributed by atoms with Gasteiger partial charge in [0.25, 0.3) is 17.4 Å². The van der Waals surface area contributed by atoms with Crippen molar-refractivity contribution >= 4 is 39.6 Å². The number of amides is 2. The van der Waals surface area contributed by atoms with E-state index in [9.17, 15) is 18.8 Å². The predicted molar refractivity (Wildman–Crippen MR) is 138 cm³/mol. The van der Waals surface area contributed by atoms with Crippen molar-refractivity contribution < 1.29 is 14.0 Å². The number of terminal acetylenes is 1. The molecule has 4 aromatic rings. The topological polar surface area (TPSA) is 125 Å². The lowest BCUT2D eigenvalue weighted by atomic mass is 10.0. The standard InChI is InChI=1S/C26H21FN6O3S/c1-2-22-29-21(14-37-22)26(36)33-10-8-32(9-11-33)25(35)17-12-15(6-7-18(17)27)13-20-16-4-3-5-19(28)23(16)24(34)31-30-20/h1,3-7,12,14H,8-11,13,28H2,(H,31,34). The van der Waals surface area contributed by atoms with E-state index < -0.39 is 17.3 Å². The van der Waals surface area contributed by atoms with Gasteiger partial charge in [-0.15, -0.1) is 17.8 Å². The number of fused-ring (bicyclic) bond motifs is 1. The average Bonchev–Trinajstić information content (AvgIpc) is 3.40. The van der Waals surface area contributed by atoms with Crippen molar-refractivity contribution in [2.45, 2.75) is 6.42 Å². The Bertz CT molecular complexity index is 1630. The summed E-state index contributed by atoms with van der Waals surface area (Å²) in [7, 11) is 0. The van der Waals surface area contributed by atoms with Crippen molar-refractivity contribution in [3.8, 4) is 12.3 Å². The second-order valence-corrected chi connectivity index (χ2v) is 9.38. The molecular weight excluding hydrogens is 495 g/mol. The van der Waals surface area contributed by atoms with Gasteiger partial charge in [-0.2, -0.15) is 5.10 Å². The molecule has 1 aliphatic rings. The molecule has 1 saturated heterocycles. The van der Waals surface area contributed by atoms with Crippen LogP contribution in [0.4, 0.5) is 10.1 Å². The smallest absolute Gasteiger partial charge is 0.274 e. The van der Waals surface area contributed by atoms with E-state index in [2.05, 4.69) is 21.1 Å². The van der Waals surface area contributed by atoms with Gasteiger partial charge >= 0.3 is 0 Å². The van der Waals surface area contributed by atoms with Crippen LogP contribution in [0.2, 0.25) is 0 Å². The van der Waals surface area contributed by atoms with Crippen molar-refractivity contribution in [3.63, 3.8) is 0 Å². The monoisotopic (exact) mass is 516 g/mol.